The summed E-state index contributed by atoms with van der Waals surface area (Å²) in [6.07, 6.45) is 0.853. The Balaban J connectivity index is 1.53. The smallest absolute Gasteiger partial charge is 0.278 e. The standard InChI is InChI=1S/C25H22N2O3S/c1-30-20-10-5-4-9-19(20)16-27-24(28)22(21-11-6-14-31-21)23(25(27)29)26-13-12-17-7-2-3-8-18(17)15-26/h2-11,14H,12-13,15-16H2,1H3. The van der Waals surface area contributed by atoms with Crippen LogP contribution in [-0.2, 0) is 29.1 Å². The SMILES string of the molecule is COc1ccccc1CN1C(=O)C(c2cccs2)=C(N2CCc3ccccc3C2)C1=O. The van der Waals surface area contributed by atoms with Crippen LogP contribution >= 0.6 is 11.3 Å². The molecule has 3 aromatic rings. The van der Waals surface area contributed by atoms with Crippen LogP contribution in [0.4, 0.5) is 0 Å². The minimum absolute atomic E-state index is 0.185. The van der Waals surface area contributed by atoms with Gasteiger partial charge in [0.05, 0.1) is 19.2 Å². The second-order valence-electron chi connectivity index (χ2n) is 7.65. The van der Waals surface area contributed by atoms with Gasteiger partial charge in [-0.05, 0) is 35.1 Å². The summed E-state index contributed by atoms with van der Waals surface area (Å²) in [5.74, 6) is 0.187. The van der Waals surface area contributed by atoms with Gasteiger partial charge in [0.1, 0.15) is 11.4 Å². The van der Waals surface area contributed by atoms with Crippen LogP contribution in [0.25, 0.3) is 5.57 Å². The Bertz CT molecular complexity index is 1180. The molecule has 31 heavy (non-hydrogen) atoms. The summed E-state index contributed by atoms with van der Waals surface area (Å²) < 4.78 is 5.44. The molecule has 2 aliphatic rings. The minimum Gasteiger partial charge on any atom is -0.496 e. The lowest BCUT2D eigenvalue weighted by Gasteiger charge is -2.31. The van der Waals surface area contributed by atoms with Gasteiger partial charge in [0.25, 0.3) is 11.8 Å². The van der Waals surface area contributed by atoms with Crippen molar-refractivity contribution in [2.45, 2.75) is 19.5 Å². The maximum Gasteiger partial charge on any atom is 0.278 e. The summed E-state index contributed by atoms with van der Waals surface area (Å²) >= 11 is 1.49. The van der Waals surface area contributed by atoms with Gasteiger partial charge in [-0.15, -0.1) is 11.3 Å². The third-order valence-corrected chi connectivity index (χ3v) is 6.77. The summed E-state index contributed by atoms with van der Waals surface area (Å²) in [4.78, 5) is 31.4. The normalized spacial score (nSPS) is 16.2. The number of imide groups is 1. The zero-order chi connectivity index (χ0) is 21.4. The van der Waals surface area contributed by atoms with Crippen molar-refractivity contribution < 1.29 is 14.3 Å². The first-order valence-corrected chi connectivity index (χ1v) is 11.1. The zero-order valence-corrected chi connectivity index (χ0v) is 18.0. The van der Waals surface area contributed by atoms with Gasteiger partial charge in [0, 0.05) is 23.5 Å². The van der Waals surface area contributed by atoms with E-state index in [-0.39, 0.29) is 18.4 Å². The van der Waals surface area contributed by atoms with Gasteiger partial charge < -0.3 is 9.64 Å². The Morgan fingerprint density at radius 1 is 0.935 bits per heavy atom. The lowest BCUT2D eigenvalue weighted by atomic mass is 9.99. The van der Waals surface area contributed by atoms with Crippen LogP contribution in [0.5, 0.6) is 5.75 Å². The second-order valence-corrected chi connectivity index (χ2v) is 8.60. The van der Waals surface area contributed by atoms with E-state index in [0.717, 1.165) is 16.9 Å². The fraction of sp³-hybridized carbons (Fsp3) is 0.200. The summed E-state index contributed by atoms with van der Waals surface area (Å²) in [6, 6.07) is 19.6. The molecule has 1 aromatic heterocycles. The highest BCUT2D eigenvalue weighted by atomic mass is 32.1. The van der Waals surface area contributed by atoms with Gasteiger partial charge >= 0.3 is 0 Å². The second kappa shape index (κ2) is 8.04. The number of para-hydroxylation sites is 1. The predicted molar refractivity (Wildman–Crippen MR) is 120 cm³/mol. The van der Waals surface area contributed by atoms with Crippen LogP contribution in [-0.4, -0.2) is 35.3 Å². The molecule has 5 rings (SSSR count). The molecule has 5 nitrogen and oxygen atoms in total. The number of methoxy groups -OCH3 is 1. The van der Waals surface area contributed by atoms with Gasteiger partial charge in [-0.3, -0.25) is 14.5 Å². The highest BCUT2D eigenvalue weighted by Crippen LogP contribution is 2.37. The third kappa shape index (κ3) is 3.43. The van der Waals surface area contributed by atoms with E-state index in [9.17, 15) is 9.59 Å². The molecule has 2 aliphatic heterocycles. The van der Waals surface area contributed by atoms with Gasteiger partial charge in [0.15, 0.2) is 0 Å². The number of carbonyl (C=O) groups is 2. The topological polar surface area (TPSA) is 49.9 Å². The largest absolute Gasteiger partial charge is 0.496 e. The lowest BCUT2D eigenvalue weighted by molar-refractivity contribution is -0.138. The number of rotatable bonds is 5. The molecule has 0 N–H and O–H groups in total. The van der Waals surface area contributed by atoms with Crippen molar-refractivity contribution in [1.29, 1.82) is 0 Å². The first-order valence-electron chi connectivity index (χ1n) is 10.3. The molecule has 3 heterocycles. The predicted octanol–water partition coefficient (Wildman–Crippen LogP) is 4.10. The van der Waals surface area contributed by atoms with Crippen molar-refractivity contribution in [2.75, 3.05) is 13.7 Å². The number of nitrogens with zero attached hydrogens (tertiary/aromatic N) is 2. The molecule has 0 saturated heterocycles. The fourth-order valence-electron chi connectivity index (χ4n) is 4.33. The number of ether oxygens (including phenoxy) is 1. The van der Waals surface area contributed by atoms with Crippen molar-refractivity contribution in [3.05, 3.63) is 93.3 Å². The Morgan fingerprint density at radius 3 is 2.48 bits per heavy atom. The molecule has 0 aliphatic carbocycles. The third-order valence-electron chi connectivity index (χ3n) is 5.88. The Labute approximate surface area is 185 Å². The van der Waals surface area contributed by atoms with Gasteiger partial charge in [-0.1, -0.05) is 48.5 Å². The van der Waals surface area contributed by atoms with E-state index in [4.69, 9.17) is 4.74 Å². The number of fused-ring (bicyclic) bond motifs is 1. The molecule has 0 atom stereocenters. The number of carbonyl (C=O) groups excluding carboxylic acids is 2. The number of benzene rings is 2. The highest BCUT2D eigenvalue weighted by molar-refractivity contribution is 7.11. The number of hydrogen-bond donors (Lipinski definition) is 0. The van der Waals surface area contributed by atoms with Crippen LogP contribution in [0.2, 0.25) is 0 Å². The van der Waals surface area contributed by atoms with Crippen molar-refractivity contribution in [3.8, 4) is 5.75 Å². The highest BCUT2D eigenvalue weighted by Gasteiger charge is 2.42. The van der Waals surface area contributed by atoms with Crippen LogP contribution in [0.15, 0.2) is 71.7 Å². The fourth-order valence-corrected chi connectivity index (χ4v) is 5.10. The molecule has 0 bridgehead atoms. The average Bonchev–Trinajstić information content (AvgIpc) is 3.41. The summed E-state index contributed by atoms with van der Waals surface area (Å²) in [6.45, 7) is 1.52. The van der Waals surface area contributed by atoms with E-state index in [2.05, 4.69) is 17.0 Å². The molecular weight excluding hydrogens is 408 g/mol. The maximum absolute atomic E-state index is 13.6. The summed E-state index contributed by atoms with van der Waals surface area (Å²) in [5.41, 5.74) is 4.34. The van der Waals surface area contributed by atoms with Gasteiger partial charge in [0.2, 0.25) is 0 Å². The summed E-state index contributed by atoms with van der Waals surface area (Å²) in [5, 5.41) is 1.94. The quantitative estimate of drug-likeness (QED) is 0.572. The first-order chi connectivity index (χ1) is 15.2. The van der Waals surface area contributed by atoms with Gasteiger partial charge in [-0.25, -0.2) is 0 Å². The molecule has 0 radical (unpaired) electrons. The van der Waals surface area contributed by atoms with Crippen LogP contribution in [0, 0.1) is 0 Å². The Kier molecular flexibility index (Phi) is 5.08. The van der Waals surface area contributed by atoms with E-state index < -0.39 is 0 Å². The molecule has 6 heteroatoms. The minimum atomic E-state index is -0.243. The van der Waals surface area contributed by atoms with E-state index in [1.165, 1.54) is 27.4 Å². The van der Waals surface area contributed by atoms with Crippen LogP contribution < -0.4 is 4.74 Å². The van der Waals surface area contributed by atoms with Crippen molar-refractivity contribution >= 4 is 28.7 Å². The average molecular weight is 431 g/mol. The van der Waals surface area contributed by atoms with Crippen LogP contribution in [0.1, 0.15) is 21.6 Å². The van der Waals surface area contributed by atoms with E-state index in [1.807, 2.05) is 53.9 Å². The molecule has 156 valence electrons. The number of thiophene rings is 1. The van der Waals surface area contributed by atoms with E-state index in [0.29, 0.717) is 30.1 Å². The molecule has 2 amide bonds. The monoisotopic (exact) mass is 430 g/mol. The van der Waals surface area contributed by atoms with E-state index in [1.54, 1.807) is 7.11 Å². The van der Waals surface area contributed by atoms with Gasteiger partial charge in [-0.2, -0.15) is 0 Å². The van der Waals surface area contributed by atoms with Crippen molar-refractivity contribution in [1.82, 2.24) is 9.80 Å². The maximum atomic E-state index is 13.6. The molecule has 0 unspecified atom stereocenters. The Morgan fingerprint density at radius 2 is 1.71 bits per heavy atom. The molecular formula is C25H22N2O3S. The molecule has 0 spiro atoms. The summed E-state index contributed by atoms with van der Waals surface area (Å²) in [7, 11) is 1.60. The lowest BCUT2D eigenvalue weighted by Crippen LogP contribution is -2.37. The van der Waals surface area contributed by atoms with E-state index >= 15 is 0 Å². The van der Waals surface area contributed by atoms with Crippen molar-refractivity contribution in [3.63, 3.8) is 0 Å². The molecule has 2 aromatic carbocycles. The van der Waals surface area contributed by atoms with Crippen molar-refractivity contribution in [2.24, 2.45) is 0 Å². The number of amides is 2. The molecule has 0 fully saturated rings. The van der Waals surface area contributed by atoms with Crippen LogP contribution in [0.3, 0.4) is 0 Å². The molecule has 0 saturated carbocycles. The number of hydrogen-bond acceptors (Lipinski definition) is 5. The zero-order valence-electron chi connectivity index (χ0n) is 17.2. The first kappa shape index (κ1) is 19.6. The Hall–Kier alpha value is -3.38.